The van der Waals surface area contributed by atoms with Crippen LogP contribution < -0.4 is 4.80 Å². The maximum absolute atomic E-state index is 12.7. The molecule has 31 heavy (non-hydrogen) atoms. The van der Waals surface area contributed by atoms with Gasteiger partial charge in [0.05, 0.1) is 21.9 Å². The van der Waals surface area contributed by atoms with Crippen LogP contribution in [-0.4, -0.2) is 34.2 Å². The van der Waals surface area contributed by atoms with Gasteiger partial charge >= 0.3 is 6.18 Å². The van der Waals surface area contributed by atoms with E-state index in [4.69, 9.17) is 17.0 Å². The van der Waals surface area contributed by atoms with E-state index in [-0.39, 0.29) is 0 Å². The number of thiazole rings is 1. The average molecular weight is 470 g/mol. The molecule has 1 unspecified atom stereocenters. The van der Waals surface area contributed by atoms with Gasteiger partial charge in [0.15, 0.2) is 4.80 Å². The number of nitrogens with one attached hydrogen (secondary N) is 1. The standard InChI is InChI=1S/C22H23ClF3N3OS/c23-17-5-6-18-20(11-17)31-21(27)29(18)12-14-7-9-28(10-8-14)13-19(30)15-1-3-16(4-2-15)22(24,25)26/h1-6,11,14,19,27,30H,7-10,12-13H2. The van der Waals surface area contributed by atoms with Crippen LogP contribution in [0.25, 0.3) is 10.2 Å². The topological polar surface area (TPSA) is 52.2 Å². The number of aliphatic hydroxyl groups is 1. The Morgan fingerprint density at radius 3 is 2.45 bits per heavy atom. The third-order valence-corrected chi connectivity index (χ3v) is 7.06. The number of likely N-dealkylation sites (tertiary alicyclic amines) is 1. The number of hydrogen-bond donors (Lipinski definition) is 2. The summed E-state index contributed by atoms with van der Waals surface area (Å²) in [6.07, 6.45) is -3.31. The van der Waals surface area contributed by atoms with Gasteiger partial charge in [0.25, 0.3) is 0 Å². The van der Waals surface area contributed by atoms with Crippen LogP contribution in [-0.2, 0) is 12.7 Å². The lowest BCUT2D eigenvalue weighted by Gasteiger charge is -2.33. The van der Waals surface area contributed by atoms with Gasteiger partial charge in [-0.2, -0.15) is 13.2 Å². The molecule has 2 heterocycles. The highest BCUT2D eigenvalue weighted by molar-refractivity contribution is 7.16. The molecule has 0 amide bonds. The van der Waals surface area contributed by atoms with Crippen molar-refractivity contribution < 1.29 is 18.3 Å². The smallest absolute Gasteiger partial charge is 0.387 e. The number of alkyl halides is 3. The molecule has 0 spiro atoms. The molecule has 4 rings (SSSR count). The average Bonchev–Trinajstić information content (AvgIpc) is 3.03. The minimum absolute atomic E-state index is 0.398. The van der Waals surface area contributed by atoms with Crippen LogP contribution in [0, 0.1) is 11.3 Å². The zero-order valence-corrected chi connectivity index (χ0v) is 18.3. The maximum atomic E-state index is 12.7. The van der Waals surface area contributed by atoms with Gasteiger partial charge in [0.1, 0.15) is 0 Å². The van der Waals surface area contributed by atoms with E-state index in [0.29, 0.717) is 27.9 Å². The van der Waals surface area contributed by atoms with Crippen molar-refractivity contribution in [2.45, 2.75) is 31.7 Å². The van der Waals surface area contributed by atoms with Gasteiger partial charge in [-0.3, -0.25) is 5.41 Å². The minimum Gasteiger partial charge on any atom is -0.387 e. The van der Waals surface area contributed by atoms with Gasteiger partial charge in [0.2, 0.25) is 0 Å². The summed E-state index contributed by atoms with van der Waals surface area (Å²) in [5.74, 6) is 0.432. The molecule has 1 aromatic heterocycles. The Bertz CT molecular complexity index is 1100. The van der Waals surface area contributed by atoms with E-state index < -0.39 is 17.8 Å². The largest absolute Gasteiger partial charge is 0.416 e. The second-order valence-corrected chi connectivity index (χ2v) is 9.48. The van der Waals surface area contributed by atoms with Crippen LogP contribution in [0.1, 0.15) is 30.1 Å². The van der Waals surface area contributed by atoms with Crippen LogP contribution in [0.4, 0.5) is 13.2 Å². The molecule has 1 saturated heterocycles. The summed E-state index contributed by atoms with van der Waals surface area (Å²) in [4.78, 5) is 2.66. The lowest BCUT2D eigenvalue weighted by atomic mass is 9.96. The summed E-state index contributed by atoms with van der Waals surface area (Å²) in [7, 11) is 0. The lowest BCUT2D eigenvalue weighted by molar-refractivity contribution is -0.137. The van der Waals surface area contributed by atoms with Crippen molar-refractivity contribution in [3.63, 3.8) is 0 Å². The zero-order chi connectivity index (χ0) is 22.2. The molecule has 9 heteroatoms. The Kier molecular flexibility index (Phi) is 6.44. The molecule has 1 atom stereocenters. The van der Waals surface area contributed by atoms with E-state index in [1.54, 1.807) is 0 Å². The number of hydrogen-bond acceptors (Lipinski definition) is 4. The second-order valence-electron chi connectivity index (χ2n) is 8.01. The molecule has 4 nitrogen and oxygen atoms in total. The summed E-state index contributed by atoms with van der Waals surface area (Å²) in [6, 6.07) is 10.4. The third-order valence-electron chi connectivity index (χ3n) is 5.87. The number of aliphatic hydroxyl groups excluding tert-OH is 1. The van der Waals surface area contributed by atoms with Crippen LogP contribution in [0.5, 0.6) is 0 Å². The Balaban J connectivity index is 1.33. The number of fused-ring (bicyclic) bond motifs is 1. The molecule has 166 valence electrons. The first kappa shape index (κ1) is 22.3. The van der Waals surface area contributed by atoms with Gasteiger partial charge in [-0.15, -0.1) is 0 Å². The number of aromatic nitrogens is 1. The molecule has 1 aliphatic rings. The minimum atomic E-state index is -4.37. The first-order valence-corrected chi connectivity index (χ1v) is 11.3. The van der Waals surface area contributed by atoms with E-state index in [1.807, 2.05) is 22.8 Å². The number of benzene rings is 2. The SMILES string of the molecule is N=c1sc2cc(Cl)ccc2n1CC1CCN(CC(O)c2ccc(C(F)(F)F)cc2)CC1. The molecule has 2 aromatic carbocycles. The molecular formula is C22H23ClF3N3OS. The van der Waals surface area contributed by atoms with E-state index >= 15 is 0 Å². The highest BCUT2D eigenvalue weighted by Crippen LogP contribution is 2.30. The molecular weight excluding hydrogens is 447 g/mol. The second kappa shape index (κ2) is 8.94. The van der Waals surface area contributed by atoms with E-state index in [9.17, 15) is 18.3 Å². The summed E-state index contributed by atoms with van der Waals surface area (Å²) >= 11 is 7.48. The van der Waals surface area contributed by atoms with Crippen molar-refractivity contribution in [1.29, 1.82) is 5.41 Å². The lowest BCUT2D eigenvalue weighted by Crippen LogP contribution is -2.38. The number of nitrogens with zero attached hydrogens (tertiary/aromatic N) is 2. The van der Waals surface area contributed by atoms with Crippen molar-refractivity contribution in [3.8, 4) is 0 Å². The summed E-state index contributed by atoms with van der Waals surface area (Å²) < 4.78 is 41.2. The molecule has 3 aromatic rings. The van der Waals surface area contributed by atoms with Crippen LogP contribution >= 0.6 is 22.9 Å². The highest BCUT2D eigenvalue weighted by atomic mass is 35.5. The predicted molar refractivity (Wildman–Crippen MR) is 116 cm³/mol. The van der Waals surface area contributed by atoms with Crippen LogP contribution in [0.2, 0.25) is 5.02 Å². The van der Waals surface area contributed by atoms with E-state index in [1.165, 1.54) is 23.5 Å². The third kappa shape index (κ3) is 5.14. The number of β-amino-alcohol motifs (C(OH)–C–C–N with tert-alkyl or cyclic N) is 1. The first-order chi connectivity index (χ1) is 14.7. The Labute approximate surface area is 187 Å². The van der Waals surface area contributed by atoms with E-state index in [0.717, 1.165) is 54.8 Å². The monoisotopic (exact) mass is 469 g/mol. The fraction of sp³-hybridized carbons (Fsp3) is 0.409. The predicted octanol–water partition coefficient (Wildman–Crippen LogP) is 5.30. The molecule has 0 aliphatic carbocycles. The molecule has 1 fully saturated rings. The quantitative estimate of drug-likeness (QED) is 0.532. The Morgan fingerprint density at radius 2 is 1.81 bits per heavy atom. The molecule has 2 N–H and O–H groups in total. The fourth-order valence-electron chi connectivity index (χ4n) is 4.10. The molecule has 1 aliphatic heterocycles. The summed E-state index contributed by atoms with van der Waals surface area (Å²) in [5.41, 5.74) is 0.811. The van der Waals surface area contributed by atoms with Crippen LogP contribution in [0.15, 0.2) is 42.5 Å². The van der Waals surface area contributed by atoms with Crippen molar-refractivity contribution in [1.82, 2.24) is 9.47 Å². The highest BCUT2D eigenvalue weighted by Gasteiger charge is 2.30. The number of halogens is 4. The number of rotatable bonds is 5. The number of piperidine rings is 1. The van der Waals surface area contributed by atoms with Crippen molar-refractivity contribution in [2.24, 2.45) is 5.92 Å². The molecule has 0 radical (unpaired) electrons. The fourth-order valence-corrected chi connectivity index (χ4v) is 5.29. The van der Waals surface area contributed by atoms with E-state index in [2.05, 4.69) is 4.90 Å². The van der Waals surface area contributed by atoms with Gasteiger partial charge in [-0.25, -0.2) is 0 Å². The van der Waals surface area contributed by atoms with Crippen LogP contribution in [0.3, 0.4) is 0 Å². The summed E-state index contributed by atoms with van der Waals surface area (Å²) in [6.45, 7) is 2.79. The van der Waals surface area contributed by atoms with Gasteiger partial charge < -0.3 is 14.6 Å². The molecule has 0 saturated carbocycles. The van der Waals surface area contributed by atoms with Crippen molar-refractivity contribution in [3.05, 3.63) is 63.4 Å². The normalized spacial score (nSPS) is 17.3. The Hall–Kier alpha value is -1.87. The Morgan fingerprint density at radius 1 is 1.13 bits per heavy atom. The van der Waals surface area contributed by atoms with Gasteiger partial charge in [0, 0.05) is 18.1 Å². The van der Waals surface area contributed by atoms with Crippen molar-refractivity contribution >= 4 is 33.2 Å². The summed E-state index contributed by atoms with van der Waals surface area (Å²) in [5, 5.41) is 19.4. The zero-order valence-electron chi connectivity index (χ0n) is 16.7. The van der Waals surface area contributed by atoms with Gasteiger partial charge in [-0.05, 0) is 67.7 Å². The van der Waals surface area contributed by atoms with Gasteiger partial charge in [-0.1, -0.05) is 35.1 Å². The maximum Gasteiger partial charge on any atom is 0.416 e. The first-order valence-electron chi connectivity index (χ1n) is 10.1. The van der Waals surface area contributed by atoms with Crippen molar-refractivity contribution in [2.75, 3.05) is 19.6 Å². The molecule has 0 bridgehead atoms.